The van der Waals surface area contributed by atoms with Crippen LogP contribution in [0.3, 0.4) is 0 Å². The Morgan fingerprint density at radius 1 is 1.18 bits per heavy atom. The lowest BCUT2D eigenvalue weighted by atomic mass is 10.0. The average Bonchev–Trinajstić information content (AvgIpc) is 2.57. The standard InChI is InChI=1S/C16H19ClN4O/c17-14-4-1-3-13(11-14)15(21-7-9-22-10-8-21)12-20-16-18-5-2-6-19-16/h1-6,11,15H,7-10,12H2,(H,18,19,20). The fraction of sp³-hybridized carbons (Fsp3) is 0.375. The van der Waals surface area contributed by atoms with E-state index in [0.29, 0.717) is 5.95 Å². The largest absolute Gasteiger partial charge is 0.379 e. The van der Waals surface area contributed by atoms with Gasteiger partial charge in [0.25, 0.3) is 0 Å². The minimum Gasteiger partial charge on any atom is -0.379 e. The van der Waals surface area contributed by atoms with Crippen LogP contribution in [0.1, 0.15) is 11.6 Å². The van der Waals surface area contributed by atoms with Crippen LogP contribution in [0.2, 0.25) is 5.02 Å². The van der Waals surface area contributed by atoms with Gasteiger partial charge in [-0.15, -0.1) is 0 Å². The van der Waals surface area contributed by atoms with Gasteiger partial charge in [0, 0.05) is 37.1 Å². The third-order valence-corrected chi connectivity index (χ3v) is 3.97. The van der Waals surface area contributed by atoms with Crippen molar-refractivity contribution < 1.29 is 4.74 Å². The first-order chi connectivity index (χ1) is 10.8. The van der Waals surface area contributed by atoms with Crippen molar-refractivity contribution in [2.24, 2.45) is 0 Å². The molecule has 1 aromatic carbocycles. The summed E-state index contributed by atoms with van der Waals surface area (Å²) < 4.78 is 5.46. The van der Waals surface area contributed by atoms with Crippen molar-refractivity contribution in [2.75, 3.05) is 38.2 Å². The molecule has 1 aliphatic rings. The first-order valence-corrected chi connectivity index (χ1v) is 7.79. The van der Waals surface area contributed by atoms with Crippen LogP contribution in [0, 0.1) is 0 Å². The second-order valence-corrected chi connectivity index (χ2v) is 5.61. The molecule has 0 bridgehead atoms. The minimum absolute atomic E-state index is 0.214. The third-order valence-electron chi connectivity index (χ3n) is 3.74. The van der Waals surface area contributed by atoms with E-state index < -0.39 is 0 Å². The van der Waals surface area contributed by atoms with Crippen LogP contribution >= 0.6 is 11.6 Å². The van der Waals surface area contributed by atoms with E-state index in [-0.39, 0.29) is 6.04 Å². The Labute approximate surface area is 135 Å². The first-order valence-electron chi connectivity index (χ1n) is 7.41. The van der Waals surface area contributed by atoms with Gasteiger partial charge in [-0.1, -0.05) is 23.7 Å². The SMILES string of the molecule is Clc1cccc(C(CNc2ncccn2)N2CCOCC2)c1. The smallest absolute Gasteiger partial charge is 0.222 e. The molecule has 0 spiro atoms. The molecule has 2 heterocycles. The summed E-state index contributed by atoms with van der Waals surface area (Å²) in [4.78, 5) is 10.8. The van der Waals surface area contributed by atoms with Gasteiger partial charge in [-0.3, -0.25) is 4.90 Å². The molecule has 1 fully saturated rings. The Morgan fingerprint density at radius 3 is 2.68 bits per heavy atom. The first kappa shape index (κ1) is 15.2. The summed E-state index contributed by atoms with van der Waals surface area (Å²) >= 11 is 6.16. The summed E-state index contributed by atoms with van der Waals surface area (Å²) in [6.45, 7) is 4.07. The van der Waals surface area contributed by atoms with Gasteiger partial charge < -0.3 is 10.1 Å². The summed E-state index contributed by atoms with van der Waals surface area (Å²) in [6, 6.07) is 10.0. The van der Waals surface area contributed by atoms with Gasteiger partial charge >= 0.3 is 0 Å². The molecule has 116 valence electrons. The monoisotopic (exact) mass is 318 g/mol. The Hall–Kier alpha value is -1.69. The van der Waals surface area contributed by atoms with Gasteiger partial charge in [0.05, 0.1) is 19.3 Å². The molecular weight excluding hydrogens is 300 g/mol. The molecule has 22 heavy (non-hydrogen) atoms. The highest BCUT2D eigenvalue weighted by atomic mass is 35.5. The van der Waals surface area contributed by atoms with E-state index in [9.17, 15) is 0 Å². The molecule has 1 aliphatic heterocycles. The van der Waals surface area contributed by atoms with E-state index >= 15 is 0 Å². The molecule has 5 nitrogen and oxygen atoms in total. The zero-order valence-electron chi connectivity index (χ0n) is 12.3. The Morgan fingerprint density at radius 2 is 1.95 bits per heavy atom. The van der Waals surface area contributed by atoms with Crippen molar-refractivity contribution in [1.29, 1.82) is 0 Å². The molecule has 3 rings (SSSR count). The number of nitrogens with zero attached hydrogens (tertiary/aromatic N) is 3. The van der Waals surface area contributed by atoms with Crippen molar-refractivity contribution >= 4 is 17.5 Å². The van der Waals surface area contributed by atoms with Crippen LogP contribution in [0.5, 0.6) is 0 Å². The number of nitrogens with one attached hydrogen (secondary N) is 1. The number of aromatic nitrogens is 2. The van der Waals surface area contributed by atoms with E-state index in [1.807, 2.05) is 24.3 Å². The highest BCUT2D eigenvalue weighted by Crippen LogP contribution is 2.24. The normalized spacial score (nSPS) is 17.1. The average molecular weight is 319 g/mol. The van der Waals surface area contributed by atoms with Crippen LogP contribution in [0.15, 0.2) is 42.7 Å². The summed E-state index contributed by atoms with van der Waals surface area (Å²) in [6.07, 6.45) is 3.47. The Bertz CT molecular complexity index is 590. The molecule has 6 heteroatoms. The van der Waals surface area contributed by atoms with Crippen LogP contribution in [-0.4, -0.2) is 47.7 Å². The topological polar surface area (TPSA) is 50.3 Å². The number of halogens is 1. The van der Waals surface area contributed by atoms with Gasteiger partial charge in [0.2, 0.25) is 5.95 Å². The number of hydrogen-bond acceptors (Lipinski definition) is 5. The maximum Gasteiger partial charge on any atom is 0.222 e. The number of benzene rings is 1. The molecule has 0 amide bonds. The number of anilines is 1. The Balaban J connectivity index is 1.76. The number of ether oxygens (including phenoxy) is 1. The Kier molecular flexibility index (Phi) is 5.21. The zero-order chi connectivity index (χ0) is 15.2. The zero-order valence-corrected chi connectivity index (χ0v) is 13.0. The summed E-state index contributed by atoms with van der Waals surface area (Å²) in [5.74, 6) is 0.641. The number of morpholine rings is 1. The molecule has 1 saturated heterocycles. The van der Waals surface area contributed by atoms with Crippen molar-refractivity contribution in [3.05, 3.63) is 53.3 Å². The minimum atomic E-state index is 0.214. The van der Waals surface area contributed by atoms with Crippen LogP contribution in [0.4, 0.5) is 5.95 Å². The van der Waals surface area contributed by atoms with E-state index in [0.717, 1.165) is 37.9 Å². The molecule has 0 radical (unpaired) electrons. The van der Waals surface area contributed by atoms with E-state index in [4.69, 9.17) is 16.3 Å². The molecule has 2 aromatic rings. The molecule has 0 saturated carbocycles. The molecular formula is C16H19ClN4O. The van der Waals surface area contributed by atoms with Gasteiger partial charge in [-0.05, 0) is 23.8 Å². The molecule has 1 atom stereocenters. The maximum atomic E-state index is 6.16. The van der Waals surface area contributed by atoms with Gasteiger partial charge in [0.1, 0.15) is 0 Å². The maximum absolute atomic E-state index is 6.16. The lowest BCUT2D eigenvalue weighted by Gasteiger charge is -2.35. The van der Waals surface area contributed by atoms with E-state index in [1.54, 1.807) is 12.4 Å². The van der Waals surface area contributed by atoms with E-state index in [1.165, 1.54) is 5.56 Å². The van der Waals surface area contributed by atoms with Crippen molar-refractivity contribution in [3.63, 3.8) is 0 Å². The second-order valence-electron chi connectivity index (χ2n) is 5.17. The number of rotatable bonds is 5. The van der Waals surface area contributed by atoms with Crippen LogP contribution in [-0.2, 0) is 4.74 Å². The van der Waals surface area contributed by atoms with Crippen molar-refractivity contribution in [2.45, 2.75) is 6.04 Å². The predicted octanol–water partition coefficient (Wildman–Crippen LogP) is 2.62. The molecule has 0 aliphatic carbocycles. The predicted molar refractivity (Wildman–Crippen MR) is 87.1 cm³/mol. The lowest BCUT2D eigenvalue weighted by Crippen LogP contribution is -2.41. The second kappa shape index (κ2) is 7.54. The fourth-order valence-electron chi connectivity index (χ4n) is 2.64. The third kappa shape index (κ3) is 3.94. The molecule has 1 unspecified atom stereocenters. The summed E-state index contributed by atoms with van der Waals surface area (Å²) in [7, 11) is 0. The highest BCUT2D eigenvalue weighted by Gasteiger charge is 2.22. The van der Waals surface area contributed by atoms with Gasteiger partial charge in [-0.2, -0.15) is 0 Å². The fourth-order valence-corrected chi connectivity index (χ4v) is 2.84. The van der Waals surface area contributed by atoms with Crippen LogP contribution in [0.25, 0.3) is 0 Å². The molecule has 1 aromatic heterocycles. The summed E-state index contributed by atoms with van der Waals surface area (Å²) in [5.41, 5.74) is 1.19. The van der Waals surface area contributed by atoms with Crippen molar-refractivity contribution in [3.8, 4) is 0 Å². The molecule has 1 N–H and O–H groups in total. The van der Waals surface area contributed by atoms with E-state index in [2.05, 4.69) is 26.3 Å². The van der Waals surface area contributed by atoms with Gasteiger partial charge in [-0.25, -0.2) is 9.97 Å². The van der Waals surface area contributed by atoms with Crippen molar-refractivity contribution in [1.82, 2.24) is 14.9 Å². The lowest BCUT2D eigenvalue weighted by molar-refractivity contribution is 0.0187. The van der Waals surface area contributed by atoms with Gasteiger partial charge in [0.15, 0.2) is 0 Å². The number of hydrogen-bond donors (Lipinski definition) is 1. The summed E-state index contributed by atoms with van der Waals surface area (Å²) in [5, 5.41) is 4.07. The van der Waals surface area contributed by atoms with Crippen LogP contribution < -0.4 is 5.32 Å². The highest BCUT2D eigenvalue weighted by molar-refractivity contribution is 6.30. The quantitative estimate of drug-likeness (QED) is 0.918.